The number of alkyl carbamates (subject to hydrolysis) is 1. The lowest BCUT2D eigenvalue weighted by Crippen LogP contribution is -2.55. The third-order valence-electron chi connectivity index (χ3n) is 4.75. The predicted octanol–water partition coefficient (Wildman–Crippen LogP) is 2.81. The number of ether oxygens (including phenoxy) is 2. The number of hydrogen-bond donors (Lipinski definition) is 3. The van der Waals surface area contributed by atoms with Gasteiger partial charge < -0.3 is 25.8 Å². The number of benzene rings is 2. The average molecular weight is 462 g/mol. The van der Waals surface area contributed by atoms with Crippen LogP contribution in [0.15, 0.2) is 48.5 Å². The van der Waals surface area contributed by atoms with Gasteiger partial charge in [0.15, 0.2) is 0 Å². The van der Waals surface area contributed by atoms with Gasteiger partial charge in [0, 0.05) is 6.42 Å². The van der Waals surface area contributed by atoms with Crippen LogP contribution in [0.2, 0.25) is 5.02 Å². The summed E-state index contributed by atoms with van der Waals surface area (Å²) in [5.41, 5.74) is 7.00. The van der Waals surface area contributed by atoms with E-state index in [0.29, 0.717) is 16.3 Å². The molecule has 0 saturated carbocycles. The van der Waals surface area contributed by atoms with Crippen LogP contribution in [-0.4, -0.2) is 37.1 Å². The molecular weight excluding hydrogens is 434 g/mol. The molecule has 8 nitrogen and oxygen atoms in total. The summed E-state index contributed by atoms with van der Waals surface area (Å²) in [6, 6.07) is 12.3. The van der Waals surface area contributed by atoms with Crippen molar-refractivity contribution in [3.05, 3.63) is 64.7 Å². The first-order chi connectivity index (χ1) is 15.2. The maximum atomic E-state index is 12.8. The van der Waals surface area contributed by atoms with Crippen molar-refractivity contribution >= 4 is 29.5 Å². The zero-order chi connectivity index (χ0) is 23.7. The molecule has 9 heteroatoms. The second-order valence-electron chi connectivity index (χ2n) is 7.56. The minimum atomic E-state index is -0.990. The van der Waals surface area contributed by atoms with Crippen molar-refractivity contribution in [1.82, 2.24) is 10.6 Å². The summed E-state index contributed by atoms with van der Waals surface area (Å²) in [7, 11) is 1.50. The quantitative estimate of drug-likeness (QED) is 0.502. The number of primary amides is 1. The first kappa shape index (κ1) is 25.0. The number of nitrogens with one attached hydrogen (secondary N) is 2. The van der Waals surface area contributed by atoms with Gasteiger partial charge in [0.1, 0.15) is 24.4 Å². The Bertz CT molecular complexity index is 936. The van der Waals surface area contributed by atoms with Crippen LogP contribution >= 0.6 is 11.6 Å². The van der Waals surface area contributed by atoms with E-state index in [1.165, 1.54) is 7.11 Å². The number of hydrogen-bond acceptors (Lipinski definition) is 5. The number of rotatable bonds is 10. The van der Waals surface area contributed by atoms with E-state index in [9.17, 15) is 14.4 Å². The highest BCUT2D eigenvalue weighted by Crippen LogP contribution is 2.25. The van der Waals surface area contributed by atoms with Gasteiger partial charge in [0.25, 0.3) is 0 Å². The molecule has 0 radical (unpaired) electrons. The fourth-order valence-corrected chi connectivity index (χ4v) is 3.26. The van der Waals surface area contributed by atoms with Crippen molar-refractivity contribution in [2.75, 3.05) is 7.11 Å². The molecular formula is C23H28ClN3O5. The van der Waals surface area contributed by atoms with E-state index in [0.717, 1.165) is 5.56 Å². The zero-order valence-electron chi connectivity index (χ0n) is 18.3. The molecule has 0 fully saturated rings. The topological polar surface area (TPSA) is 120 Å². The normalized spacial score (nSPS) is 12.5. The summed E-state index contributed by atoms with van der Waals surface area (Å²) >= 11 is 6.13. The van der Waals surface area contributed by atoms with Crippen molar-refractivity contribution in [3.63, 3.8) is 0 Å². The molecule has 2 aromatic rings. The highest BCUT2D eigenvalue weighted by Gasteiger charge is 2.28. The number of carbonyl (C=O) groups is 3. The van der Waals surface area contributed by atoms with Crippen LogP contribution < -0.4 is 21.1 Å². The smallest absolute Gasteiger partial charge is 0.408 e. The standard InChI is InChI=1S/C23H28ClN3O5/c1-14(2)20(27-23(30)32-13-15-7-5-4-6-8-15)22(29)26-18(21(25)28)12-16-9-10-19(31-3)17(24)11-16/h4-11,14,18,20H,12-13H2,1-3H3,(H2,25,28)(H,26,29)(H,27,30)/t18-,20-/m0/s1. The third kappa shape index (κ3) is 7.46. The van der Waals surface area contributed by atoms with E-state index in [-0.39, 0.29) is 18.9 Å². The SMILES string of the molecule is COc1ccc(C[C@H](NC(=O)[C@@H](NC(=O)OCc2ccccc2)C(C)C)C(N)=O)cc1Cl. The fourth-order valence-electron chi connectivity index (χ4n) is 2.98. The number of methoxy groups -OCH3 is 1. The molecule has 0 aliphatic heterocycles. The highest BCUT2D eigenvalue weighted by atomic mass is 35.5. The van der Waals surface area contributed by atoms with E-state index in [4.69, 9.17) is 26.8 Å². The molecule has 0 spiro atoms. The van der Waals surface area contributed by atoms with Crippen molar-refractivity contribution in [2.45, 2.75) is 39.0 Å². The Morgan fingerprint density at radius 1 is 1.03 bits per heavy atom. The summed E-state index contributed by atoms with van der Waals surface area (Å²) in [6.07, 6.45) is -0.603. The third-order valence-corrected chi connectivity index (χ3v) is 5.05. The lowest BCUT2D eigenvalue weighted by molar-refractivity contribution is -0.129. The second kappa shape index (κ2) is 12.0. The molecule has 3 amide bonds. The molecule has 2 atom stereocenters. The Kier molecular flexibility index (Phi) is 9.34. The van der Waals surface area contributed by atoms with E-state index in [2.05, 4.69) is 10.6 Å². The molecule has 2 aromatic carbocycles. The number of halogens is 1. The van der Waals surface area contributed by atoms with Crippen molar-refractivity contribution in [1.29, 1.82) is 0 Å². The highest BCUT2D eigenvalue weighted by molar-refractivity contribution is 6.32. The Balaban J connectivity index is 2.01. The lowest BCUT2D eigenvalue weighted by Gasteiger charge is -2.24. The van der Waals surface area contributed by atoms with Crippen molar-refractivity contribution in [3.8, 4) is 5.75 Å². The van der Waals surface area contributed by atoms with Gasteiger partial charge in [0.05, 0.1) is 12.1 Å². The van der Waals surface area contributed by atoms with E-state index in [1.807, 2.05) is 30.3 Å². The van der Waals surface area contributed by atoms with Gasteiger partial charge in [-0.2, -0.15) is 0 Å². The van der Waals surface area contributed by atoms with Crippen LogP contribution in [0.3, 0.4) is 0 Å². The largest absolute Gasteiger partial charge is 0.495 e. The molecule has 172 valence electrons. The Labute approximate surface area is 192 Å². The molecule has 32 heavy (non-hydrogen) atoms. The minimum absolute atomic E-state index is 0.0707. The van der Waals surface area contributed by atoms with Crippen LogP contribution in [0, 0.1) is 5.92 Å². The Morgan fingerprint density at radius 2 is 1.72 bits per heavy atom. The van der Waals surface area contributed by atoms with Gasteiger partial charge in [-0.15, -0.1) is 0 Å². The summed E-state index contributed by atoms with van der Waals surface area (Å²) in [5.74, 6) is -1.02. The monoisotopic (exact) mass is 461 g/mol. The average Bonchev–Trinajstić information content (AvgIpc) is 2.76. The fraction of sp³-hybridized carbons (Fsp3) is 0.348. The lowest BCUT2D eigenvalue weighted by atomic mass is 10.0. The van der Waals surface area contributed by atoms with Crippen LogP contribution in [0.25, 0.3) is 0 Å². The predicted molar refractivity (Wildman–Crippen MR) is 121 cm³/mol. The van der Waals surface area contributed by atoms with Crippen molar-refractivity contribution in [2.24, 2.45) is 11.7 Å². The van der Waals surface area contributed by atoms with Gasteiger partial charge >= 0.3 is 6.09 Å². The first-order valence-electron chi connectivity index (χ1n) is 10.1. The first-order valence-corrected chi connectivity index (χ1v) is 10.5. The zero-order valence-corrected chi connectivity index (χ0v) is 19.0. The molecule has 0 aliphatic carbocycles. The maximum Gasteiger partial charge on any atom is 0.408 e. The summed E-state index contributed by atoms with van der Waals surface area (Å²) in [5, 5.41) is 5.55. The molecule has 4 N–H and O–H groups in total. The minimum Gasteiger partial charge on any atom is -0.495 e. The summed E-state index contributed by atoms with van der Waals surface area (Å²) < 4.78 is 10.3. The van der Waals surface area contributed by atoms with Crippen LogP contribution in [0.1, 0.15) is 25.0 Å². The van der Waals surface area contributed by atoms with Gasteiger partial charge in [-0.25, -0.2) is 4.79 Å². The van der Waals surface area contributed by atoms with Gasteiger partial charge in [-0.3, -0.25) is 9.59 Å². The molecule has 2 rings (SSSR count). The van der Waals surface area contributed by atoms with Gasteiger partial charge in [-0.05, 0) is 29.2 Å². The Morgan fingerprint density at radius 3 is 2.28 bits per heavy atom. The van der Waals surface area contributed by atoms with E-state index < -0.39 is 30.0 Å². The summed E-state index contributed by atoms with van der Waals surface area (Å²) in [6.45, 7) is 3.61. The van der Waals surface area contributed by atoms with Gasteiger partial charge in [0.2, 0.25) is 11.8 Å². The summed E-state index contributed by atoms with van der Waals surface area (Å²) in [4.78, 5) is 37.0. The van der Waals surface area contributed by atoms with Crippen molar-refractivity contribution < 1.29 is 23.9 Å². The number of carbonyl (C=O) groups excluding carboxylic acids is 3. The number of nitrogens with two attached hydrogens (primary N) is 1. The van der Waals surface area contributed by atoms with E-state index >= 15 is 0 Å². The molecule has 0 saturated heterocycles. The van der Waals surface area contributed by atoms with Crippen LogP contribution in [0.4, 0.5) is 4.79 Å². The molecule has 0 unspecified atom stereocenters. The molecule has 0 heterocycles. The molecule has 0 aromatic heterocycles. The van der Waals surface area contributed by atoms with Gasteiger partial charge in [-0.1, -0.05) is 61.8 Å². The molecule has 0 aliphatic rings. The van der Waals surface area contributed by atoms with Crippen LogP contribution in [0.5, 0.6) is 5.75 Å². The second-order valence-corrected chi connectivity index (χ2v) is 7.97. The molecule has 0 bridgehead atoms. The Hall–Kier alpha value is -3.26. The van der Waals surface area contributed by atoms with Crippen LogP contribution in [-0.2, 0) is 27.4 Å². The van der Waals surface area contributed by atoms with E-state index in [1.54, 1.807) is 32.0 Å². The maximum absolute atomic E-state index is 12.8. The number of amides is 3.